The van der Waals surface area contributed by atoms with Gasteiger partial charge in [-0.15, -0.1) is 20.4 Å². The lowest BCUT2D eigenvalue weighted by molar-refractivity contribution is -0.113. The van der Waals surface area contributed by atoms with E-state index >= 15 is 0 Å². The van der Waals surface area contributed by atoms with Crippen LogP contribution in [0, 0.1) is 0 Å². The van der Waals surface area contributed by atoms with Gasteiger partial charge in [0.05, 0.1) is 10.6 Å². The van der Waals surface area contributed by atoms with Crippen LogP contribution >= 0.6 is 23.1 Å². The molecule has 9 nitrogen and oxygen atoms in total. The molecule has 2 heterocycles. The minimum absolute atomic E-state index is 0.196. The summed E-state index contributed by atoms with van der Waals surface area (Å²) < 4.78 is 25.3. The van der Waals surface area contributed by atoms with Crippen molar-refractivity contribution in [2.45, 2.75) is 42.3 Å². The summed E-state index contributed by atoms with van der Waals surface area (Å²) in [7, 11) is -3.25. The van der Waals surface area contributed by atoms with Crippen molar-refractivity contribution in [3.63, 3.8) is 0 Å². The average molecular weight is 465 g/mol. The van der Waals surface area contributed by atoms with Gasteiger partial charge in [-0.05, 0) is 25.0 Å². The largest absolute Gasteiger partial charge is 0.303 e. The molecule has 1 aliphatic rings. The van der Waals surface area contributed by atoms with E-state index in [0.717, 1.165) is 42.1 Å². The van der Waals surface area contributed by atoms with Crippen molar-refractivity contribution in [2.75, 3.05) is 17.3 Å². The van der Waals surface area contributed by atoms with Crippen LogP contribution in [-0.2, 0) is 21.1 Å². The van der Waals surface area contributed by atoms with Crippen LogP contribution in [0.3, 0.4) is 0 Å². The highest BCUT2D eigenvalue weighted by molar-refractivity contribution is 7.99. The molecular formula is C18H20N6O3S3. The molecule has 1 amide bonds. The van der Waals surface area contributed by atoms with Gasteiger partial charge in [-0.1, -0.05) is 42.2 Å². The first-order chi connectivity index (χ1) is 14.3. The molecule has 1 saturated carbocycles. The van der Waals surface area contributed by atoms with Gasteiger partial charge < -0.3 is 4.57 Å². The summed E-state index contributed by atoms with van der Waals surface area (Å²) >= 11 is 2.59. The van der Waals surface area contributed by atoms with Gasteiger partial charge in [-0.2, -0.15) is 0 Å². The highest BCUT2D eigenvalue weighted by Crippen LogP contribution is 2.38. The third kappa shape index (κ3) is 4.71. The lowest BCUT2D eigenvalue weighted by Gasteiger charge is -2.07. The van der Waals surface area contributed by atoms with E-state index in [1.54, 1.807) is 12.1 Å². The molecule has 1 fully saturated rings. The number of aryl methyl sites for hydroxylation is 1. The smallest absolute Gasteiger partial charge is 0.236 e. The molecule has 1 N–H and O–H groups in total. The van der Waals surface area contributed by atoms with E-state index in [2.05, 4.69) is 30.3 Å². The van der Waals surface area contributed by atoms with Crippen molar-refractivity contribution >= 4 is 44.0 Å². The predicted octanol–water partition coefficient (Wildman–Crippen LogP) is 2.83. The number of amides is 1. The second kappa shape index (κ2) is 8.44. The number of aromatic nitrogens is 5. The number of benzene rings is 1. The van der Waals surface area contributed by atoms with E-state index in [1.165, 1.54) is 35.2 Å². The number of hydrogen-bond acceptors (Lipinski definition) is 9. The number of carbonyl (C=O) groups is 1. The highest BCUT2D eigenvalue weighted by Gasteiger charge is 2.29. The summed E-state index contributed by atoms with van der Waals surface area (Å²) in [5, 5.41) is 21.0. The Balaban J connectivity index is 1.37. The molecule has 0 spiro atoms. The second-order valence-electron chi connectivity index (χ2n) is 6.90. The van der Waals surface area contributed by atoms with Crippen LogP contribution in [0.15, 0.2) is 34.3 Å². The molecule has 30 heavy (non-hydrogen) atoms. The Bertz CT molecular complexity index is 1170. The molecule has 0 radical (unpaired) electrons. The maximum atomic E-state index is 12.3. The van der Waals surface area contributed by atoms with Gasteiger partial charge in [0.15, 0.2) is 15.0 Å². The minimum atomic E-state index is -3.25. The average Bonchev–Trinajstić information content (AvgIpc) is 3.30. The second-order valence-corrected chi connectivity index (χ2v) is 10.8. The zero-order valence-corrected chi connectivity index (χ0v) is 18.9. The highest BCUT2D eigenvalue weighted by atomic mass is 32.2. The molecule has 158 valence electrons. The van der Waals surface area contributed by atoms with Crippen LogP contribution in [0.1, 0.15) is 31.6 Å². The molecule has 12 heteroatoms. The SMILES string of the molecule is CCc1nnc(SCC(=O)Nc2nnc(-c3ccc(S(C)(=O)=O)cc3)s2)n1C1CC1. The van der Waals surface area contributed by atoms with Gasteiger partial charge in [0, 0.05) is 24.3 Å². The molecule has 0 aliphatic heterocycles. The monoisotopic (exact) mass is 464 g/mol. The van der Waals surface area contributed by atoms with Gasteiger partial charge in [0.25, 0.3) is 0 Å². The molecular weight excluding hydrogens is 444 g/mol. The Labute approximate surface area is 182 Å². The van der Waals surface area contributed by atoms with Crippen LogP contribution in [0.5, 0.6) is 0 Å². The molecule has 0 bridgehead atoms. The van der Waals surface area contributed by atoms with E-state index in [-0.39, 0.29) is 16.6 Å². The van der Waals surface area contributed by atoms with E-state index in [9.17, 15) is 13.2 Å². The molecule has 3 aromatic rings. The quantitative estimate of drug-likeness (QED) is 0.505. The third-order valence-corrected chi connectivity index (χ3v) is 7.46. The van der Waals surface area contributed by atoms with Gasteiger partial charge >= 0.3 is 0 Å². The minimum Gasteiger partial charge on any atom is -0.303 e. The topological polar surface area (TPSA) is 120 Å². The number of nitrogens with zero attached hydrogens (tertiary/aromatic N) is 5. The summed E-state index contributed by atoms with van der Waals surface area (Å²) in [4.78, 5) is 12.6. The summed E-state index contributed by atoms with van der Waals surface area (Å²) in [6, 6.07) is 6.87. The molecule has 2 aromatic heterocycles. The molecule has 1 aromatic carbocycles. The Morgan fingerprint density at radius 2 is 1.93 bits per heavy atom. The van der Waals surface area contributed by atoms with Crippen LogP contribution in [-0.4, -0.2) is 51.3 Å². The zero-order valence-electron chi connectivity index (χ0n) is 16.4. The first kappa shape index (κ1) is 20.9. The van der Waals surface area contributed by atoms with E-state index in [1.807, 2.05) is 6.92 Å². The Kier molecular flexibility index (Phi) is 5.89. The fourth-order valence-electron chi connectivity index (χ4n) is 2.87. The van der Waals surface area contributed by atoms with Crippen LogP contribution < -0.4 is 5.32 Å². The fourth-order valence-corrected chi connectivity index (χ4v) is 5.09. The van der Waals surface area contributed by atoms with Crippen LogP contribution in [0.2, 0.25) is 0 Å². The molecule has 4 rings (SSSR count). The van der Waals surface area contributed by atoms with Crippen LogP contribution in [0.4, 0.5) is 5.13 Å². The summed E-state index contributed by atoms with van der Waals surface area (Å²) in [6.45, 7) is 2.05. The van der Waals surface area contributed by atoms with Crippen molar-refractivity contribution in [1.29, 1.82) is 0 Å². The Hall–Kier alpha value is -2.31. The molecule has 0 atom stereocenters. The zero-order chi connectivity index (χ0) is 21.3. The van der Waals surface area contributed by atoms with Gasteiger partial charge in [-0.25, -0.2) is 8.42 Å². The predicted molar refractivity (Wildman–Crippen MR) is 115 cm³/mol. The normalized spacial score (nSPS) is 14.1. The van der Waals surface area contributed by atoms with Crippen molar-refractivity contribution in [3.8, 4) is 10.6 Å². The number of rotatable bonds is 8. The van der Waals surface area contributed by atoms with E-state index in [4.69, 9.17) is 0 Å². The first-order valence-corrected chi connectivity index (χ1v) is 13.0. The number of nitrogens with one attached hydrogen (secondary N) is 1. The maximum absolute atomic E-state index is 12.3. The van der Waals surface area contributed by atoms with E-state index in [0.29, 0.717) is 16.2 Å². The number of sulfone groups is 1. The van der Waals surface area contributed by atoms with Gasteiger partial charge in [0.1, 0.15) is 10.8 Å². The van der Waals surface area contributed by atoms with Crippen molar-refractivity contribution in [3.05, 3.63) is 30.1 Å². The lowest BCUT2D eigenvalue weighted by atomic mass is 10.2. The number of thioether (sulfide) groups is 1. The standard InChI is InChI=1S/C18H20N6O3S3/c1-3-14-20-23-18(24(14)12-6-7-12)28-10-15(25)19-17-22-21-16(29-17)11-4-8-13(9-5-11)30(2,26)27/h4-5,8-9,12H,3,6-7,10H2,1-2H3,(H,19,22,25). The van der Waals surface area contributed by atoms with Crippen molar-refractivity contribution in [2.24, 2.45) is 0 Å². The van der Waals surface area contributed by atoms with Gasteiger partial charge in [0.2, 0.25) is 11.0 Å². The van der Waals surface area contributed by atoms with Crippen LogP contribution in [0.25, 0.3) is 10.6 Å². The molecule has 1 aliphatic carbocycles. The number of hydrogen-bond donors (Lipinski definition) is 1. The summed E-state index contributed by atoms with van der Waals surface area (Å²) in [5.41, 5.74) is 0.736. The Morgan fingerprint density at radius 1 is 1.20 bits per heavy atom. The Morgan fingerprint density at radius 3 is 2.57 bits per heavy atom. The van der Waals surface area contributed by atoms with Crippen molar-refractivity contribution in [1.82, 2.24) is 25.0 Å². The van der Waals surface area contributed by atoms with E-state index < -0.39 is 9.84 Å². The number of anilines is 1. The van der Waals surface area contributed by atoms with Crippen molar-refractivity contribution < 1.29 is 13.2 Å². The third-order valence-electron chi connectivity index (χ3n) is 4.50. The summed E-state index contributed by atoms with van der Waals surface area (Å²) in [6.07, 6.45) is 4.23. The maximum Gasteiger partial charge on any atom is 0.236 e. The fraction of sp³-hybridized carbons (Fsp3) is 0.389. The molecule has 0 unspecified atom stereocenters. The summed E-state index contributed by atoms with van der Waals surface area (Å²) in [5.74, 6) is 0.960. The first-order valence-electron chi connectivity index (χ1n) is 9.35. The number of carbonyl (C=O) groups excluding carboxylic acids is 1. The molecule has 0 saturated heterocycles. The van der Waals surface area contributed by atoms with Gasteiger partial charge in [-0.3, -0.25) is 10.1 Å². The lowest BCUT2D eigenvalue weighted by Crippen LogP contribution is -2.14.